The molecule has 1 aromatic rings. The third-order valence-electron chi connectivity index (χ3n) is 4.79. The Kier molecular flexibility index (Phi) is 4.77. The predicted molar refractivity (Wildman–Crippen MR) is 86.0 cm³/mol. The summed E-state index contributed by atoms with van der Waals surface area (Å²) >= 11 is 0. The molecule has 1 aliphatic rings. The van der Waals surface area contributed by atoms with Crippen LogP contribution >= 0.6 is 0 Å². The highest BCUT2D eigenvalue weighted by Crippen LogP contribution is 2.37. The van der Waals surface area contributed by atoms with Gasteiger partial charge in [0.05, 0.1) is 11.4 Å². The van der Waals surface area contributed by atoms with Gasteiger partial charge >= 0.3 is 0 Å². The highest BCUT2D eigenvalue weighted by Gasteiger charge is 2.28. The van der Waals surface area contributed by atoms with Crippen LogP contribution in [0.3, 0.4) is 0 Å². The predicted octanol–water partition coefficient (Wildman–Crippen LogP) is 4.39. The Labute approximate surface area is 124 Å². The highest BCUT2D eigenvalue weighted by molar-refractivity contribution is 5.47. The fourth-order valence-electron chi connectivity index (χ4n) is 3.45. The van der Waals surface area contributed by atoms with E-state index in [0.29, 0.717) is 11.5 Å². The molecule has 0 spiro atoms. The van der Waals surface area contributed by atoms with Crippen molar-refractivity contribution in [2.45, 2.75) is 72.3 Å². The molecule has 0 radical (unpaired) electrons. The monoisotopic (exact) mass is 277 g/mol. The summed E-state index contributed by atoms with van der Waals surface area (Å²) in [6.07, 6.45) is 9.80. The van der Waals surface area contributed by atoms with Crippen LogP contribution in [0.5, 0.6) is 0 Å². The molecule has 0 aromatic carbocycles. The van der Waals surface area contributed by atoms with E-state index in [2.05, 4.69) is 44.3 Å². The molecule has 0 bridgehead atoms. The largest absolute Gasteiger partial charge is 0.380 e. The van der Waals surface area contributed by atoms with Crippen molar-refractivity contribution in [3.8, 4) is 0 Å². The first-order chi connectivity index (χ1) is 9.40. The van der Waals surface area contributed by atoms with Crippen LogP contribution in [-0.2, 0) is 13.5 Å². The van der Waals surface area contributed by atoms with Crippen molar-refractivity contribution in [1.29, 1.82) is 0 Å². The molecular formula is C17H31N3. The molecule has 0 amide bonds. The summed E-state index contributed by atoms with van der Waals surface area (Å²) in [7, 11) is 2.01. The van der Waals surface area contributed by atoms with E-state index in [1.807, 2.05) is 11.7 Å². The molecule has 1 fully saturated rings. The minimum atomic E-state index is 0.456. The third kappa shape index (κ3) is 3.77. The molecule has 0 aliphatic heterocycles. The number of anilines is 1. The number of nitrogens with one attached hydrogen (secondary N) is 1. The van der Waals surface area contributed by atoms with E-state index in [9.17, 15) is 0 Å². The van der Waals surface area contributed by atoms with Crippen molar-refractivity contribution >= 4 is 5.69 Å². The van der Waals surface area contributed by atoms with Gasteiger partial charge in [0.15, 0.2) is 0 Å². The summed E-state index contributed by atoms with van der Waals surface area (Å²) in [6, 6.07) is 0.622. The number of aromatic nitrogens is 2. The lowest BCUT2D eigenvalue weighted by molar-refractivity contribution is 0.214. The number of nitrogens with zero attached hydrogens (tertiary/aromatic N) is 2. The van der Waals surface area contributed by atoms with Crippen molar-refractivity contribution < 1.29 is 0 Å². The van der Waals surface area contributed by atoms with Crippen molar-refractivity contribution in [3.63, 3.8) is 0 Å². The summed E-state index contributed by atoms with van der Waals surface area (Å²) < 4.78 is 1.93. The van der Waals surface area contributed by atoms with Gasteiger partial charge < -0.3 is 5.32 Å². The van der Waals surface area contributed by atoms with Gasteiger partial charge in [-0.3, -0.25) is 4.68 Å². The van der Waals surface area contributed by atoms with Crippen molar-refractivity contribution in [2.24, 2.45) is 18.4 Å². The van der Waals surface area contributed by atoms with Crippen LogP contribution in [0.2, 0.25) is 0 Å². The second-order valence-electron chi connectivity index (χ2n) is 7.43. The Morgan fingerprint density at radius 2 is 2.00 bits per heavy atom. The number of rotatable bonds is 3. The molecule has 3 nitrogen and oxygen atoms in total. The van der Waals surface area contributed by atoms with E-state index in [-0.39, 0.29) is 0 Å². The Morgan fingerprint density at radius 1 is 1.25 bits per heavy atom. The molecule has 20 heavy (non-hydrogen) atoms. The molecule has 2 atom stereocenters. The zero-order valence-electron chi connectivity index (χ0n) is 13.9. The van der Waals surface area contributed by atoms with Gasteiger partial charge in [0.1, 0.15) is 0 Å². The molecule has 2 unspecified atom stereocenters. The number of hydrogen-bond acceptors (Lipinski definition) is 2. The minimum Gasteiger partial charge on any atom is -0.380 e. The maximum Gasteiger partial charge on any atom is 0.0853 e. The smallest absolute Gasteiger partial charge is 0.0853 e. The number of aryl methyl sites for hydroxylation is 2. The van der Waals surface area contributed by atoms with Gasteiger partial charge in [0, 0.05) is 19.3 Å². The first-order valence-electron chi connectivity index (χ1n) is 8.19. The molecule has 3 heteroatoms. The standard InChI is InChI=1S/C17H31N3/c1-6-15-16(12-20(5)19-15)18-14-9-7-8-13(10-11-14)17(2,3)4/h12-14,18H,6-11H2,1-5H3. The van der Waals surface area contributed by atoms with Crippen molar-refractivity contribution in [1.82, 2.24) is 9.78 Å². The van der Waals surface area contributed by atoms with Crippen LogP contribution in [0.4, 0.5) is 5.69 Å². The summed E-state index contributed by atoms with van der Waals surface area (Å²) in [5, 5.41) is 8.28. The lowest BCUT2D eigenvalue weighted by atomic mass is 9.76. The van der Waals surface area contributed by atoms with Gasteiger partial charge in [-0.1, -0.05) is 34.1 Å². The topological polar surface area (TPSA) is 29.9 Å². The quantitative estimate of drug-likeness (QED) is 0.830. The van der Waals surface area contributed by atoms with E-state index in [1.165, 1.54) is 43.5 Å². The van der Waals surface area contributed by atoms with Gasteiger partial charge in [-0.15, -0.1) is 0 Å². The van der Waals surface area contributed by atoms with E-state index in [0.717, 1.165) is 12.3 Å². The van der Waals surface area contributed by atoms with Crippen molar-refractivity contribution in [3.05, 3.63) is 11.9 Å². The average Bonchev–Trinajstić information content (AvgIpc) is 2.58. The normalized spacial score (nSPS) is 24.4. The molecule has 1 saturated carbocycles. The van der Waals surface area contributed by atoms with Gasteiger partial charge in [-0.25, -0.2) is 0 Å². The molecule has 114 valence electrons. The maximum absolute atomic E-state index is 4.53. The highest BCUT2D eigenvalue weighted by atomic mass is 15.3. The van der Waals surface area contributed by atoms with Crippen LogP contribution in [0.15, 0.2) is 6.20 Å². The summed E-state index contributed by atoms with van der Waals surface area (Å²) in [5.74, 6) is 0.869. The summed E-state index contributed by atoms with van der Waals surface area (Å²) in [4.78, 5) is 0. The Bertz CT molecular complexity index is 428. The van der Waals surface area contributed by atoms with Crippen LogP contribution in [0.1, 0.15) is 65.5 Å². The van der Waals surface area contributed by atoms with E-state index in [1.54, 1.807) is 0 Å². The van der Waals surface area contributed by atoms with Gasteiger partial charge in [-0.05, 0) is 43.4 Å². The van der Waals surface area contributed by atoms with Gasteiger partial charge in [0.2, 0.25) is 0 Å². The van der Waals surface area contributed by atoms with Crippen LogP contribution in [-0.4, -0.2) is 15.8 Å². The van der Waals surface area contributed by atoms with E-state index < -0.39 is 0 Å². The first-order valence-corrected chi connectivity index (χ1v) is 8.19. The summed E-state index contributed by atoms with van der Waals surface area (Å²) in [6.45, 7) is 9.35. The van der Waals surface area contributed by atoms with Crippen LogP contribution in [0, 0.1) is 11.3 Å². The lowest BCUT2D eigenvalue weighted by Crippen LogP contribution is -2.21. The Hall–Kier alpha value is -0.990. The molecule has 0 saturated heterocycles. The fraction of sp³-hybridized carbons (Fsp3) is 0.824. The Morgan fingerprint density at radius 3 is 2.65 bits per heavy atom. The third-order valence-corrected chi connectivity index (χ3v) is 4.79. The summed E-state index contributed by atoms with van der Waals surface area (Å²) in [5.41, 5.74) is 2.90. The fourth-order valence-corrected chi connectivity index (χ4v) is 3.45. The van der Waals surface area contributed by atoms with Gasteiger partial charge in [0.25, 0.3) is 0 Å². The minimum absolute atomic E-state index is 0.456. The van der Waals surface area contributed by atoms with E-state index in [4.69, 9.17) is 0 Å². The zero-order chi connectivity index (χ0) is 14.8. The van der Waals surface area contributed by atoms with Crippen molar-refractivity contribution in [2.75, 3.05) is 5.32 Å². The first kappa shape index (κ1) is 15.4. The van der Waals surface area contributed by atoms with E-state index >= 15 is 0 Å². The molecule has 1 aromatic heterocycles. The lowest BCUT2D eigenvalue weighted by Gasteiger charge is -2.29. The number of hydrogen-bond donors (Lipinski definition) is 1. The molecule has 1 aliphatic carbocycles. The second-order valence-corrected chi connectivity index (χ2v) is 7.43. The molecular weight excluding hydrogens is 246 g/mol. The second kappa shape index (κ2) is 6.19. The van der Waals surface area contributed by atoms with Crippen LogP contribution < -0.4 is 5.32 Å². The van der Waals surface area contributed by atoms with Gasteiger partial charge in [-0.2, -0.15) is 5.10 Å². The molecule has 2 rings (SSSR count). The van der Waals surface area contributed by atoms with Crippen LogP contribution in [0.25, 0.3) is 0 Å². The average molecular weight is 277 g/mol. The zero-order valence-corrected chi connectivity index (χ0v) is 13.9. The maximum atomic E-state index is 4.53. The molecule has 1 heterocycles. The SMILES string of the molecule is CCc1nn(C)cc1NC1CCCC(C(C)(C)C)CC1. The Balaban J connectivity index is 1.97. The molecule has 1 N–H and O–H groups in total.